The van der Waals surface area contributed by atoms with Gasteiger partial charge in [-0.05, 0) is 17.7 Å². The Morgan fingerprint density at radius 2 is 1.95 bits per heavy atom. The van der Waals surface area contributed by atoms with Gasteiger partial charge < -0.3 is 14.9 Å². The number of aliphatic hydroxyl groups excluding tert-OH is 1. The molecule has 6 heteroatoms. The first kappa shape index (κ1) is 15.8. The maximum atomic E-state index is 12.4. The molecular weight excluding hydrogens is 292 g/mol. The second-order valence-electron chi connectivity index (χ2n) is 5.19. The summed E-state index contributed by atoms with van der Waals surface area (Å²) in [6.45, 7) is 2.71. The van der Waals surface area contributed by atoms with Crippen molar-refractivity contribution in [3.05, 3.63) is 34.9 Å². The number of hydrogen-bond donors (Lipinski definition) is 1. The van der Waals surface area contributed by atoms with Crippen molar-refractivity contribution in [2.24, 2.45) is 0 Å². The van der Waals surface area contributed by atoms with Crippen molar-refractivity contribution in [3.63, 3.8) is 0 Å². The van der Waals surface area contributed by atoms with Crippen LogP contribution in [0.3, 0.4) is 0 Å². The molecule has 0 aromatic heterocycles. The van der Waals surface area contributed by atoms with Crippen molar-refractivity contribution in [2.45, 2.75) is 19.4 Å². The number of benzene rings is 1. The van der Waals surface area contributed by atoms with Gasteiger partial charge in [-0.25, -0.2) is 0 Å². The molecule has 0 bridgehead atoms. The molecule has 1 saturated heterocycles. The van der Waals surface area contributed by atoms with Crippen LogP contribution in [-0.4, -0.2) is 59.0 Å². The van der Waals surface area contributed by atoms with Gasteiger partial charge in [0, 0.05) is 31.6 Å². The van der Waals surface area contributed by atoms with Gasteiger partial charge in [-0.15, -0.1) is 0 Å². The molecule has 1 aliphatic rings. The molecule has 5 nitrogen and oxygen atoms in total. The minimum absolute atomic E-state index is 0.0294. The molecule has 1 N–H and O–H groups in total. The van der Waals surface area contributed by atoms with E-state index in [-0.39, 0.29) is 30.9 Å². The van der Waals surface area contributed by atoms with Crippen LogP contribution < -0.4 is 0 Å². The summed E-state index contributed by atoms with van der Waals surface area (Å²) in [4.78, 5) is 27.1. The van der Waals surface area contributed by atoms with E-state index in [1.54, 1.807) is 21.9 Å². The minimum atomic E-state index is -0.331. The van der Waals surface area contributed by atoms with Crippen LogP contribution in [0.2, 0.25) is 5.02 Å². The van der Waals surface area contributed by atoms with Gasteiger partial charge in [-0.1, -0.05) is 23.7 Å². The minimum Gasteiger partial charge on any atom is -0.394 e. The molecule has 2 amide bonds. The van der Waals surface area contributed by atoms with E-state index in [0.717, 1.165) is 5.56 Å². The van der Waals surface area contributed by atoms with Gasteiger partial charge in [0.25, 0.3) is 0 Å². The first-order valence-corrected chi connectivity index (χ1v) is 7.29. The Morgan fingerprint density at radius 1 is 1.29 bits per heavy atom. The highest BCUT2D eigenvalue weighted by Crippen LogP contribution is 2.14. The lowest BCUT2D eigenvalue weighted by Crippen LogP contribution is -2.57. The molecule has 114 valence electrons. The number of amides is 2. The van der Waals surface area contributed by atoms with Crippen LogP contribution in [0.25, 0.3) is 0 Å². The first-order valence-electron chi connectivity index (χ1n) is 6.91. The molecule has 2 rings (SSSR count). The Hall–Kier alpha value is -1.59. The van der Waals surface area contributed by atoms with Gasteiger partial charge in [0.05, 0.1) is 19.1 Å². The molecule has 1 aliphatic heterocycles. The maximum Gasteiger partial charge on any atom is 0.227 e. The van der Waals surface area contributed by atoms with Gasteiger partial charge in [0.2, 0.25) is 11.8 Å². The average Bonchev–Trinajstić information content (AvgIpc) is 2.48. The van der Waals surface area contributed by atoms with Crippen molar-refractivity contribution >= 4 is 23.4 Å². The third kappa shape index (κ3) is 3.95. The summed E-state index contributed by atoms with van der Waals surface area (Å²) in [5.41, 5.74) is 0.884. The second-order valence-corrected chi connectivity index (χ2v) is 5.63. The van der Waals surface area contributed by atoms with Crippen LogP contribution in [-0.2, 0) is 16.0 Å². The molecule has 1 aromatic carbocycles. The number of hydrogen-bond acceptors (Lipinski definition) is 3. The number of halogens is 1. The number of piperazine rings is 1. The number of carbonyl (C=O) groups excluding carboxylic acids is 2. The molecule has 0 spiro atoms. The second kappa shape index (κ2) is 6.91. The fourth-order valence-electron chi connectivity index (χ4n) is 2.50. The predicted molar refractivity (Wildman–Crippen MR) is 80.0 cm³/mol. The number of rotatable bonds is 3. The smallest absolute Gasteiger partial charge is 0.227 e. The van der Waals surface area contributed by atoms with Crippen LogP contribution in [0.4, 0.5) is 0 Å². The van der Waals surface area contributed by atoms with Crippen LogP contribution in [0, 0.1) is 0 Å². The fourth-order valence-corrected chi connectivity index (χ4v) is 2.63. The first-order chi connectivity index (χ1) is 10.0. The van der Waals surface area contributed by atoms with Gasteiger partial charge in [0.15, 0.2) is 0 Å². The third-order valence-electron chi connectivity index (χ3n) is 3.73. The Bertz CT molecular complexity index is 518. The van der Waals surface area contributed by atoms with E-state index in [2.05, 4.69) is 0 Å². The van der Waals surface area contributed by atoms with Crippen molar-refractivity contribution in [3.8, 4) is 0 Å². The van der Waals surface area contributed by atoms with Crippen molar-refractivity contribution in [1.29, 1.82) is 0 Å². The highest BCUT2D eigenvalue weighted by molar-refractivity contribution is 6.30. The third-order valence-corrected chi connectivity index (χ3v) is 3.98. The number of aliphatic hydroxyl groups is 1. The van der Waals surface area contributed by atoms with Crippen molar-refractivity contribution < 1.29 is 14.7 Å². The summed E-state index contributed by atoms with van der Waals surface area (Å²) in [6.07, 6.45) is 0.272. The lowest BCUT2D eigenvalue weighted by molar-refractivity contribution is -0.142. The van der Waals surface area contributed by atoms with Crippen LogP contribution in [0.1, 0.15) is 12.5 Å². The quantitative estimate of drug-likeness (QED) is 0.903. The van der Waals surface area contributed by atoms with E-state index >= 15 is 0 Å². The molecule has 1 aromatic rings. The Morgan fingerprint density at radius 3 is 2.52 bits per heavy atom. The molecule has 0 aliphatic carbocycles. The van der Waals surface area contributed by atoms with Gasteiger partial charge in [-0.2, -0.15) is 0 Å². The zero-order valence-electron chi connectivity index (χ0n) is 12.0. The SMILES string of the molecule is CC(=O)N1CCN(C(=O)Cc2ccc(Cl)cc2)C(CO)C1. The lowest BCUT2D eigenvalue weighted by atomic mass is 10.1. The number of carbonyl (C=O) groups is 2. The zero-order chi connectivity index (χ0) is 15.4. The average molecular weight is 311 g/mol. The normalized spacial score (nSPS) is 18.7. The highest BCUT2D eigenvalue weighted by Gasteiger charge is 2.30. The monoisotopic (exact) mass is 310 g/mol. The highest BCUT2D eigenvalue weighted by atomic mass is 35.5. The topological polar surface area (TPSA) is 60.9 Å². The lowest BCUT2D eigenvalue weighted by Gasteiger charge is -2.40. The van der Waals surface area contributed by atoms with E-state index < -0.39 is 0 Å². The van der Waals surface area contributed by atoms with Crippen LogP contribution in [0.15, 0.2) is 24.3 Å². The summed E-state index contributed by atoms with van der Waals surface area (Å²) in [7, 11) is 0. The summed E-state index contributed by atoms with van der Waals surface area (Å²) in [5.74, 6) is -0.0715. The molecule has 21 heavy (non-hydrogen) atoms. The fraction of sp³-hybridized carbons (Fsp3) is 0.467. The summed E-state index contributed by atoms with van der Waals surface area (Å²) in [5, 5.41) is 10.1. The molecule has 1 atom stereocenters. The maximum absolute atomic E-state index is 12.4. The standard InChI is InChI=1S/C15H19ClN2O3/c1-11(20)17-6-7-18(14(9-17)10-19)15(21)8-12-2-4-13(16)5-3-12/h2-5,14,19H,6-10H2,1H3. The van der Waals surface area contributed by atoms with Crippen molar-refractivity contribution in [2.75, 3.05) is 26.2 Å². The molecule has 0 radical (unpaired) electrons. The van der Waals surface area contributed by atoms with E-state index in [0.29, 0.717) is 24.7 Å². The van der Waals surface area contributed by atoms with Crippen LogP contribution >= 0.6 is 11.6 Å². The Balaban J connectivity index is 2.01. The summed E-state index contributed by atoms with van der Waals surface area (Å²) >= 11 is 5.82. The molecule has 1 unspecified atom stereocenters. The largest absolute Gasteiger partial charge is 0.394 e. The van der Waals surface area contributed by atoms with E-state index in [1.165, 1.54) is 6.92 Å². The molecule has 1 fully saturated rings. The number of nitrogens with zero attached hydrogens (tertiary/aromatic N) is 2. The van der Waals surface area contributed by atoms with Gasteiger partial charge in [-0.3, -0.25) is 9.59 Å². The van der Waals surface area contributed by atoms with E-state index in [9.17, 15) is 14.7 Å². The van der Waals surface area contributed by atoms with Gasteiger partial charge >= 0.3 is 0 Å². The molecule has 1 heterocycles. The Labute approximate surface area is 129 Å². The predicted octanol–water partition coefficient (Wildman–Crippen LogP) is 0.934. The summed E-state index contributed by atoms with van der Waals surface area (Å²) in [6, 6.07) is 6.81. The zero-order valence-corrected chi connectivity index (χ0v) is 12.7. The summed E-state index contributed by atoms with van der Waals surface area (Å²) < 4.78 is 0. The van der Waals surface area contributed by atoms with Gasteiger partial charge in [0.1, 0.15) is 0 Å². The van der Waals surface area contributed by atoms with E-state index in [1.807, 2.05) is 12.1 Å². The Kier molecular flexibility index (Phi) is 5.20. The van der Waals surface area contributed by atoms with E-state index in [4.69, 9.17) is 11.6 Å². The van der Waals surface area contributed by atoms with Crippen LogP contribution in [0.5, 0.6) is 0 Å². The molecular formula is C15H19ClN2O3. The molecule has 0 saturated carbocycles. The van der Waals surface area contributed by atoms with Crippen molar-refractivity contribution in [1.82, 2.24) is 9.80 Å².